The molecule has 0 aromatic heterocycles. The monoisotopic (exact) mass is 193 g/mol. The Bertz CT molecular complexity index is 273. The van der Waals surface area contributed by atoms with Crippen molar-refractivity contribution in [3.8, 4) is 0 Å². The van der Waals surface area contributed by atoms with E-state index in [1.807, 2.05) is 0 Å². The zero-order valence-corrected chi connectivity index (χ0v) is 9.21. The van der Waals surface area contributed by atoms with E-state index in [2.05, 4.69) is 43.4 Å². The summed E-state index contributed by atoms with van der Waals surface area (Å²) in [7, 11) is 1.72. The number of hydrogen-bond donors (Lipinski definition) is 1. The molecule has 0 amide bonds. The summed E-state index contributed by atoms with van der Waals surface area (Å²) >= 11 is 0. The zero-order chi connectivity index (χ0) is 10.4. The molecule has 0 heterocycles. The van der Waals surface area contributed by atoms with Crippen molar-refractivity contribution in [2.75, 3.05) is 20.3 Å². The first-order valence-corrected chi connectivity index (χ1v) is 5.03. The minimum atomic E-state index is 0.395. The van der Waals surface area contributed by atoms with Gasteiger partial charge in [-0.2, -0.15) is 0 Å². The minimum absolute atomic E-state index is 0.395. The number of methoxy groups -OCH3 is 1. The smallest absolute Gasteiger partial charge is 0.0587 e. The van der Waals surface area contributed by atoms with Crippen molar-refractivity contribution in [3.05, 3.63) is 35.4 Å². The van der Waals surface area contributed by atoms with E-state index in [-0.39, 0.29) is 0 Å². The van der Waals surface area contributed by atoms with Gasteiger partial charge in [-0.25, -0.2) is 0 Å². The second-order valence-corrected chi connectivity index (χ2v) is 3.53. The summed E-state index contributed by atoms with van der Waals surface area (Å²) in [5.74, 6) is 0. The summed E-state index contributed by atoms with van der Waals surface area (Å²) in [6, 6.07) is 8.85. The van der Waals surface area contributed by atoms with Crippen molar-refractivity contribution < 1.29 is 4.74 Å². The molecule has 0 saturated carbocycles. The molecule has 0 spiro atoms. The van der Waals surface area contributed by atoms with Gasteiger partial charge in [-0.1, -0.05) is 24.3 Å². The van der Waals surface area contributed by atoms with Gasteiger partial charge in [0.25, 0.3) is 0 Å². The van der Waals surface area contributed by atoms with Gasteiger partial charge >= 0.3 is 0 Å². The maximum Gasteiger partial charge on any atom is 0.0587 e. The average molecular weight is 193 g/mol. The molecule has 1 aromatic carbocycles. The van der Waals surface area contributed by atoms with Crippen molar-refractivity contribution in [2.45, 2.75) is 19.9 Å². The first-order valence-electron chi connectivity index (χ1n) is 5.03. The number of benzene rings is 1. The van der Waals surface area contributed by atoms with Gasteiger partial charge in [0.1, 0.15) is 0 Å². The summed E-state index contributed by atoms with van der Waals surface area (Å²) in [5, 5.41) is 3.42. The van der Waals surface area contributed by atoms with Crippen LogP contribution in [0.2, 0.25) is 0 Å². The molecule has 0 saturated heterocycles. The minimum Gasteiger partial charge on any atom is -0.383 e. The largest absolute Gasteiger partial charge is 0.383 e. The number of ether oxygens (including phenoxy) is 1. The number of hydrogen-bond acceptors (Lipinski definition) is 2. The quantitative estimate of drug-likeness (QED) is 0.724. The average Bonchev–Trinajstić information content (AvgIpc) is 2.18. The van der Waals surface area contributed by atoms with Gasteiger partial charge in [-0.3, -0.25) is 0 Å². The lowest BCUT2D eigenvalue weighted by molar-refractivity contribution is 0.196. The fourth-order valence-electron chi connectivity index (χ4n) is 1.56. The van der Waals surface area contributed by atoms with Crippen LogP contribution in [0.15, 0.2) is 24.3 Å². The predicted octanol–water partition coefficient (Wildman–Crippen LogP) is 2.29. The Labute approximate surface area is 86.3 Å². The fraction of sp³-hybridized carbons (Fsp3) is 0.500. The molecule has 2 heteroatoms. The van der Waals surface area contributed by atoms with Gasteiger partial charge in [-0.15, -0.1) is 0 Å². The van der Waals surface area contributed by atoms with E-state index in [9.17, 15) is 0 Å². The summed E-state index contributed by atoms with van der Waals surface area (Å²) in [4.78, 5) is 0. The fourth-order valence-corrected chi connectivity index (χ4v) is 1.56. The molecular formula is C12H19NO. The molecule has 1 unspecified atom stereocenters. The van der Waals surface area contributed by atoms with Crippen molar-refractivity contribution >= 4 is 0 Å². The number of aryl methyl sites for hydroxylation is 1. The molecular weight excluding hydrogens is 174 g/mol. The van der Waals surface area contributed by atoms with E-state index < -0.39 is 0 Å². The summed E-state index contributed by atoms with van der Waals surface area (Å²) < 4.78 is 5.00. The van der Waals surface area contributed by atoms with E-state index in [1.54, 1.807) is 7.11 Å². The normalized spacial score (nSPS) is 12.8. The van der Waals surface area contributed by atoms with Gasteiger partial charge in [0, 0.05) is 19.7 Å². The molecule has 78 valence electrons. The lowest BCUT2D eigenvalue weighted by atomic mass is 10.0. The Morgan fingerprint density at radius 2 is 2.07 bits per heavy atom. The van der Waals surface area contributed by atoms with Gasteiger partial charge in [0.05, 0.1) is 6.61 Å². The first-order chi connectivity index (χ1) is 6.75. The van der Waals surface area contributed by atoms with E-state index in [0.29, 0.717) is 6.04 Å². The van der Waals surface area contributed by atoms with Crippen LogP contribution in [0, 0.1) is 6.92 Å². The van der Waals surface area contributed by atoms with Crippen LogP contribution in [0.1, 0.15) is 24.1 Å². The van der Waals surface area contributed by atoms with E-state index in [1.165, 1.54) is 11.1 Å². The molecule has 0 fully saturated rings. The van der Waals surface area contributed by atoms with Crippen LogP contribution in [0.4, 0.5) is 0 Å². The van der Waals surface area contributed by atoms with Crippen LogP contribution in [-0.4, -0.2) is 20.3 Å². The van der Waals surface area contributed by atoms with Crippen LogP contribution in [-0.2, 0) is 4.74 Å². The van der Waals surface area contributed by atoms with Crippen molar-refractivity contribution in [1.29, 1.82) is 0 Å². The van der Waals surface area contributed by atoms with Crippen molar-refractivity contribution in [2.24, 2.45) is 0 Å². The molecule has 0 aliphatic rings. The highest BCUT2D eigenvalue weighted by Crippen LogP contribution is 2.15. The lowest BCUT2D eigenvalue weighted by Crippen LogP contribution is -2.23. The van der Waals surface area contributed by atoms with Crippen LogP contribution in [0.5, 0.6) is 0 Å². The Morgan fingerprint density at radius 1 is 1.36 bits per heavy atom. The second-order valence-electron chi connectivity index (χ2n) is 3.53. The molecule has 1 rings (SSSR count). The summed E-state index contributed by atoms with van der Waals surface area (Å²) in [6.07, 6.45) is 0. The molecule has 0 bridgehead atoms. The van der Waals surface area contributed by atoms with Gasteiger partial charge < -0.3 is 10.1 Å². The van der Waals surface area contributed by atoms with Crippen molar-refractivity contribution in [3.63, 3.8) is 0 Å². The molecule has 1 N–H and O–H groups in total. The van der Waals surface area contributed by atoms with E-state index >= 15 is 0 Å². The molecule has 14 heavy (non-hydrogen) atoms. The maximum absolute atomic E-state index is 5.00. The van der Waals surface area contributed by atoms with Gasteiger partial charge in [-0.05, 0) is 25.0 Å². The topological polar surface area (TPSA) is 21.3 Å². The third kappa shape index (κ3) is 3.13. The van der Waals surface area contributed by atoms with Crippen LogP contribution in [0.25, 0.3) is 0 Å². The third-order valence-corrected chi connectivity index (χ3v) is 2.41. The highest BCUT2D eigenvalue weighted by Gasteiger charge is 2.05. The van der Waals surface area contributed by atoms with Gasteiger partial charge in [0.2, 0.25) is 0 Å². The van der Waals surface area contributed by atoms with Crippen LogP contribution >= 0.6 is 0 Å². The SMILES string of the molecule is COCCNC(C)c1ccccc1C. The Balaban J connectivity index is 2.51. The summed E-state index contributed by atoms with van der Waals surface area (Å²) in [5.41, 5.74) is 2.70. The van der Waals surface area contributed by atoms with Crippen LogP contribution in [0.3, 0.4) is 0 Å². The Kier molecular flexibility index (Phi) is 4.63. The summed E-state index contributed by atoms with van der Waals surface area (Å²) in [6.45, 7) is 5.98. The Hall–Kier alpha value is -0.860. The second kappa shape index (κ2) is 5.78. The molecule has 2 nitrogen and oxygen atoms in total. The molecule has 1 atom stereocenters. The zero-order valence-electron chi connectivity index (χ0n) is 9.21. The standard InChI is InChI=1S/C12H19NO/c1-10-6-4-5-7-12(10)11(2)13-8-9-14-3/h4-7,11,13H,8-9H2,1-3H3. The Morgan fingerprint density at radius 3 is 2.71 bits per heavy atom. The van der Waals surface area contributed by atoms with Gasteiger partial charge in [0.15, 0.2) is 0 Å². The maximum atomic E-state index is 5.00. The lowest BCUT2D eigenvalue weighted by Gasteiger charge is -2.16. The number of nitrogens with one attached hydrogen (secondary N) is 1. The molecule has 0 radical (unpaired) electrons. The van der Waals surface area contributed by atoms with E-state index in [4.69, 9.17) is 4.74 Å². The molecule has 0 aliphatic carbocycles. The predicted molar refractivity (Wildman–Crippen MR) is 59.5 cm³/mol. The highest BCUT2D eigenvalue weighted by atomic mass is 16.5. The van der Waals surface area contributed by atoms with Crippen molar-refractivity contribution in [1.82, 2.24) is 5.32 Å². The van der Waals surface area contributed by atoms with Crippen LogP contribution < -0.4 is 5.32 Å². The third-order valence-electron chi connectivity index (χ3n) is 2.41. The van der Waals surface area contributed by atoms with E-state index in [0.717, 1.165) is 13.2 Å². The first kappa shape index (κ1) is 11.2. The highest BCUT2D eigenvalue weighted by molar-refractivity contribution is 5.28. The molecule has 0 aliphatic heterocycles. The molecule has 1 aromatic rings. The number of rotatable bonds is 5.